The second-order valence-electron chi connectivity index (χ2n) is 10.8. The van der Waals surface area contributed by atoms with E-state index in [0.717, 1.165) is 81.5 Å². The highest BCUT2D eigenvalue weighted by Gasteiger charge is 2.53. The van der Waals surface area contributed by atoms with Crippen LogP contribution in [-0.2, 0) is 10.3 Å². The predicted molar refractivity (Wildman–Crippen MR) is 140 cm³/mol. The lowest BCUT2D eigenvalue weighted by Gasteiger charge is -2.48. The van der Waals surface area contributed by atoms with Crippen molar-refractivity contribution >= 4 is 22.6 Å². The fourth-order valence-electron chi connectivity index (χ4n) is 6.86. The highest BCUT2D eigenvalue weighted by Crippen LogP contribution is 2.50. The van der Waals surface area contributed by atoms with Crippen LogP contribution in [0, 0.1) is 23.5 Å². The van der Waals surface area contributed by atoms with Crippen LogP contribution in [0.25, 0.3) is 22.4 Å². The van der Waals surface area contributed by atoms with Gasteiger partial charge >= 0.3 is 0 Å². The third kappa shape index (κ3) is 4.06. The van der Waals surface area contributed by atoms with Crippen LogP contribution in [0.5, 0.6) is 0 Å². The zero-order valence-corrected chi connectivity index (χ0v) is 21.3. The average molecular weight is 495 g/mol. The molecule has 7 heteroatoms. The van der Waals surface area contributed by atoms with Crippen molar-refractivity contribution < 1.29 is 13.6 Å². The number of hydrogen-bond acceptors (Lipinski definition) is 3. The first-order valence-electron chi connectivity index (χ1n) is 13.3. The molecular formula is C29H36F2N4O. The molecular weight excluding hydrogens is 458 g/mol. The Hall–Kier alpha value is -2.96. The largest absolute Gasteiger partial charge is 0.378 e. The molecule has 2 aliphatic carbocycles. The quantitative estimate of drug-likeness (QED) is 0.432. The first-order chi connectivity index (χ1) is 17.3. The van der Waals surface area contributed by atoms with Gasteiger partial charge in [-0.25, -0.2) is 13.8 Å². The molecule has 1 heterocycles. The highest BCUT2D eigenvalue weighted by molar-refractivity contribution is 5.90. The van der Waals surface area contributed by atoms with Crippen molar-refractivity contribution in [1.82, 2.24) is 9.55 Å². The van der Waals surface area contributed by atoms with Gasteiger partial charge in [0, 0.05) is 37.5 Å². The maximum atomic E-state index is 14.7. The molecule has 3 aromatic rings. The number of rotatable bonds is 6. The van der Waals surface area contributed by atoms with Crippen molar-refractivity contribution in [3.05, 3.63) is 48.0 Å². The van der Waals surface area contributed by atoms with Gasteiger partial charge in [0.1, 0.15) is 11.4 Å². The van der Waals surface area contributed by atoms with Crippen LogP contribution in [0.15, 0.2) is 36.4 Å². The number of amides is 1. The predicted octanol–water partition coefficient (Wildman–Crippen LogP) is 6.39. The summed E-state index contributed by atoms with van der Waals surface area (Å²) in [6.07, 6.45) is 9.97. The molecule has 1 amide bonds. The molecule has 192 valence electrons. The first-order valence-corrected chi connectivity index (χ1v) is 13.3. The number of fused-ring (bicyclic) bond motifs is 1. The number of aromatic nitrogens is 2. The van der Waals surface area contributed by atoms with Crippen molar-refractivity contribution in [2.45, 2.75) is 69.7 Å². The maximum absolute atomic E-state index is 14.7. The van der Waals surface area contributed by atoms with Crippen LogP contribution in [0.3, 0.4) is 0 Å². The number of halogens is 2. The van der Waals surface area contributed by atoms with Gasteiger partial charge in [-0.3, -0.25) is 4.79 Å². The molecule has 2 fully saturated rings. The summed E-state index contributed by atoms with van der Waals surface area (Å²) < 4.78 is 31.1. The Bertz CT molecular complexity index is 1240. The van der Waals surface area contributed by atoms with Crippen molar-refractivity contribution in [1.29, 1.82) is 0 Å². The summed E-state index contributed by atoms with van der Waals surface area (Å²) >= 11 is 0. The Balaban J connectivity index is 1.86. The summed E-state index contributed by atoms with van der Waals surface area (Å²) in [6.45, 7) is 0. The fraction of sp³-hybridized carbons (Fsp3) is 0.517. The van der Waals surface area contributed by atoms with Gasteiger partial charge in [-0.05, 0) is 49.7 Å². The zero-order valence-electron chi connectivity index (χ0n) is 21.3. The number of nitrogens with zero attached hydrogens (tertiary/aromatic N) is 3. The van der Waals surface area contributed by atoms with E-state index >= 15 is 0 Å². The van der Waals surface area contributed by atoms with E-state index < -0.39 is 17.2 Å². The summed E-state index contributed by atoms with van der Waals surface area (Å²) in [5, 5.41) is 0. The van der Waals surface area contributed by atoms with Crippen LogP contribution in [0.1, 0.15) is 64.2 Å². The molecule has 2 aliphatic rings. The monoisotopic (exact) mass is 494 g/mol. The van der Waals surface area contributed by atoms with Crippen molar-refractivity contribution in [3.63, 3.8) is 0 Å². The van der Waals surface area contributed by atoms with Crippen LogP contribution in [0.2, 0.25) is 0 Å². The minimum Gasteiger partial charge on any atom is -0.378 e. The van der Waals surface area contributed by atoms with Crippen molar-refractivity contribution in [2.24, 2.45) is 17.6 Å². The lowest BCUT2D eigenvalue weighted by atomic mass is 9.63. The van der Waals surface area contributed by atoms with E-state index in [1.165, 1.54) is 6.07 Å². The molecule has 0 atom stereocenters. The number of primary amides is 1. The molecule has 1 aromatic heterocycles. The third-order valence-corrected chi connectivity index (χ3v) is 8.54. The Kier molecular flexibility index (Phi) is 6.75. The number of anilines is 1. The van der Waals surface area contributed by atoms with E-state index in [0.29, 0.717) is 16.9 Å². The Morgan fingerprint density at radius 3 is 2.08 bits per heavy atom. The maximum Gasteiger partial charge on any atom is 0.244 e. The fourth-order valence-corrected chi connectivity index (χ4v) is 6.86. The smallest absolute Gasteiger partial charge is 0.244 e. The summed E-state index contributed by atoms with van der Waals surface area (Å²) in [6, 6.07) is 10.3. The molecule has 5 rings (SSSR count). The molecule has 0 spiro atoms. The van der Waals surface area contributed by atoms with Gasteiger partial charge in [0.2, 0.25) is 5.91 Å². The molecule has 2 aromatic carbocycles. The molecule has 5 nitrogen and oxygen atoms in total. The number of hydrogen-bond donors (Lipinski definition) is 1. The molecule has 0 unspecified atom stereocenters. The Labute approximate surface area is 211 Å². The van der Waals surface area contributed by atoms with E-state index in [1.54, 1.807) is 0 Å². The molecule has 2 saturated carbocycles. The van der Waals surface area contributed by atoms with Gasteiger partial charge in [-0.2, -0.15) is 0 Å². The highest BCUT2D eigenvalue weighted by atomic mass is 19.2. The van der Waals surface area contributed by atoms with Crippen molar-refractivity contribution in [2.75, 3.05) is 19.0 Å². The third-order valence-electron chi connectivity index (χ3n) is 8.54. The zero-order chi connectivity index (χ0) is 25.4. The van der Waals surface area contributed by atoms with Gasteiger partial charge in [-0.1, -0.05) is 50.7 Å². The molecule has 0 radical (unpaired) electrons. The van der Waals surface area contributed by atoms with E-state index in [4.69, 9.17) is 10.7 Å². The van der Waals surface area contributed by atoms with E-state index in [1.807, 2.05) is 47.8 Å². The summed E-state index contributed by atoms with van der Waals surface area (Å²) in [5.74, 6) is -1.67. The van der Waals surface area contributed by atoms with Crippen LogP contribution >= 0.6 is 0 Å². The van der Waals surface area contributed by atoms with Gasteiger partial charge < -0.3 is 15.2 Å². The molecule has 0 aliphatic heterocycles. The Morgan fingerprint density at radius 2 is 1.53 bits per heavy atom. The molecule has 2 N–H and O–H groups in total. The van der Waals surface area contributed by atoms with Gasteiger partial charge in [0.15, 0.2) is 11.6 Å². The lowest BCUT2D eigenvalue weighted by Crippen LogP contribution is -2.58. The standard InChI is InChI=1S/C29H36F2N4O/c1-34(2)22-15-9-10-19(16-22)27-33-25-17-23(30)24(31)18-26(25)35(27)29(28(32)36,20-11-5-3-6-12-20)21-13-7-4-8-14-21/h9-10,15-18,20-21H,3-8,11-14H2,1-2H3,(H2,32,36). The summed E-state index contributed by atoms with van der Waals surface area (Å²) in [5.41, 5.74) is 7.95. The van der Waals surface area contributed by atoms with Gasteiger partial charge in [-0.15, -0.1) is 0 Å². The SMILES string of the molecule is CN(C)c1cccc(-c2nc3cc(F)c(F)cc3n2C(C(N)=O)(C2CCCCC2)C2CCCCC2)c1. The van der Waals surface area contributed by atoms with E-state index in [-0.39, 0.29) is 17.7 Å². The minimum absolute atomic E-state index is 0.0214. The van der Waals surface area contributed by atoms with Crippen LogP contribution in [-0.4, -0.2) is 29.6 Å². The average Bonchev–Trinajstić information content (AvgIpc) is 3.24. The van der Waals surface area contributed by atoms with Crippen molar-refractivity contribution in [3.8, 4) is 11.4 Å². The second-order valence-corrected chi connectivity index (χ2v) is 10.8. The van der Waals surface area contributed by atoms with Gasteiger partial charge in [0.25, 0.3) is 0 Å². The van der Waals surface area contributed by atoms with Gasteiger partial charge in [0.05, 0.1) is 11.0 Å². The lowest BCUT2D eigenvalue weighted by molar-refractivity contribution is -0.135. The number of imidazole rings is 1. The number of carbonyl (C=O) groups is 1. The molecule has 0 bridgehead atoms. The van der Waals surface area contributed by atoms with Crippen LogP contribution in [0.4, 0.5) is 14.5 Å². The number of benzene rings is 2. The number of nitrogens with two attached hydrogens (primary N) is 1. The molecule has 0 saturated heterocycles. The topological polar surface area (TPSA) is 64.2 Å². The Morgan fingerprint density at radius 1 is 0.944 bits per heavy atom. The summed E-state index contributed by atoms with van der Waals surface area (Å²) in [4.78, 5) is 20.7. The van der Waals surface area contributed by atoms with Crippen LogP contribution < -0.4 is 10.6 Å². The van der Waals surface area contributed by atoms with E-state index in [2.05, 4.69) is 0 Å². The first kappa shape index (κ1) is 24.7. The normalized spacial score (nSPS) is 18.0. The summed E-state index contributed by atoms with van der Waals surface area (Å²) in [7, 11) is 3.93. The second kappa shape index (κ2) is 9.83. The molecule has 36 heavy (non-hydrogen) atoms. The van der Waals surface area contributed by atoms with E-state index in [9.17, 15) is 13.6 Å². The minimum atomic E-state index is -1.05. The number of carbonyl (C=O) groups excluding carboxylic acids is 1.